The molecule has 2 amide bonds. The number of nitrogens with zero attached hydrogens (tertiary/aromatic N) is 2. The Morgan fingerprint density at radius 1 is 1.63 bits per heavy atom. The molecule has 0 radical (unpaired) electrons. The van der Waals surface area contributed by atoms with Gasteiger partial charge in [-0.3, -0.25) is 9.88 Å². The first-order chi connectivity index (χ1) is 9.22. The molecule has 0 fully saturated rings. The molecule has 0 saturated heterocycles. The zero-order valence-electron chi connectivity index (χ0n) is 10.3. The van der Waals surface area contributed by atoms with Crippen LogP contribution in [0.2, 0.25) is 5.02 Å². The Morgan fingerprint density at radius 3 is 3.21 bits per heavy atom. The predicted octanol–water partition coefficient (Wildman–Crippen LogP) is 1.42. The first-order valence-electron chi connectivity index (χ1n) is 5.90. The van der Waals surface area contributed by atoms with Crippen molar-refractivity contribution in [3.8, 4) is 0 Å². The summed E-state index contributed by atoms with van der Waals surface area (Å²) in [5, 5.41) is 3.26. The van der Waals surface area contributed by atoms with Crippen LogP contribution in [-0.2, 0) is 11.3 Å². The van der Waals surface area contributed by atoms with Crippen LogP contribution in [-0.4, -0.2) is 28.7 Å². The third-order valence-electron chi connectivity index (χ3n) is 2.66. The van der Waals surface area contributed by atoms with E-state index < -0.39 is 0 Å². The molecule has 3 N–H and O–H groups in total. The first-order valence-corrected chi connectivity index (χ1v) is 6.28. The molecule has 1 unspecified atom stereocenters. The average Bonchev–Trinajstić information content (AvgIpc) is 2.86. The monoisotopic (exact) mass is 282 g/mol. The van der Waals surface area contributed by atoms with Gasteiger partial charge in [0.25, 0.3) is 0 Å². The summed E-state index contributed by atoms with van der Waals surface area (Å²) in [6.07, 6.45) is 4.92. The highest BCUT2D eigenvalue weighted by Gasteiger charge is 2.25. The van der Waals surface area contributed by atoms with E-state index in [0.29, 0.717) is 23.7 Å². The molecule has 1 atom stereocenters. The number of hydrogen-bond acceptors (Lipinski definition) is 4. The second kappa shape index (κ2) is 6.40. The summed E-state index contributed by atoms with van der Waals surface area (Å²) in [4.78, 5) is 17.5. The second-order valence-electron chi connectivity index (χ2n) is 3.95. The maximum Gasteiger partial charge on any atom is 0.324 e. The molecule has 0 saturated carbocycles. The van der Waals surface area contributed by atoms with Gasteiger partial charge in [-0.2, -0.15) is 0 Å². The van der Waals surface area contributed by atoms with Gasteiger partial charge in [-0.05, 0) is 18.7 Å². The molecule has 0 aromatic carbocycles. The van der Waals surface area contributed by atoms with E-state index in [0.717, 1.165) is 0 Å². The molecular weight excluding hydrogens is 268 g/mol. The molecule has 2 rings (SSSR count). The number of carbonyl (C=O) groups is 1. The Labute approximate surface area is 116 Å². The molecule has 1 aliphatic heterocycles. The minimum Gasteiger partial charge on any atom is -0.476 e. The Bertz CT molecular complexity index is 481. The molecule has 2 heterocycles. The lowest BCUT2D eigenvalue weighted by molar-refractivity contribution is 0.0697. The molecule has 0 aliphatic carbocycles. The lowest BCUT2D eigenvalue weighted by Gasteiger charge is -2.22. The minimum atomic E-state index is -0.343. The molecule has 0 spiro atoms. The van der Waals surface area contributed by atoms with Gasteiger partial charge in [-0.15, -0.1) is 0 Å². The average molecular weight is 283 g/mol. The number of pyridine rings is 1. The van der Waals surface area contributed by atoms with Crippen LogP contribution in [0.3, 0.4) is 0 Å². The summed E-state index contributed by atoms with van der Waals surface area (Å²) in [6, 6.07) is 3.20. The molecule has 0 bridgehead atoms. The fourth-order valence-corrected chi connectivity index (χ4v) is 1.89. The van der Waals surface area contributed by atoms with Crippen LogP contribution in [0.15, 0.2) is 30.8 Å². The minimum absolute atomic E-state index is 0.262. The van der Waals surface area contributed by atoms with Crippen molar-refractivity contribution in [2.75, 3.05) is 6.54 Å². The third kappa shape index (κ3) is 3.36. The normalized spacial score (nSPS) is 17.4. The number of nitrogens with two attached hydrogens (primary N) is 1. The number of carbonyl (C=O) groups excluding carboxylic acids is 1. The van der Waals surface area contributed by atoms with Crippen molar-refractivity contribution in [1.82, 2.24) is 15.2 Å². The van der Waals surface area contributed by atoms with Gasteiger partial charge >= 0.3 is 6.03 Å². The number of nitrogens with one attached hydrogen (secondary N) is 1. The van der Waals surface area contributed by atoms with Crippen LogP contribution >= 0.6 is 11.6 Å². The van der Waals surface area contributed by atoms with Crippen LogP contribution in [0.25, 0.3) is 0 Å². The van der Waals surface area contributed by atoms with E-state index in [1.807, 2.05) is 0 Å². The molecule has 1 aliphatic rings. The number of amides is 2. The summed E-state index contributed by atoms with van der Waals surface area (Å²) in [5.41, 5.74) is 6.08. The van der Waals surface area contributed by atoms with Gasteiger partial charge in [0.2, 0.25) is 0 Å². The largest absolute Gasteiger partial charge is 0.476 e. The van der Waals surface area contributed by atoms with Crippen molar-refractivity contribution in [2.45, 2.75) is 19.2 Å². The van der Waals surface area contributed by atoms with Gasteiger partial charge in [0.15, 0.2) is 6.23 Å². The molecule has 1 aromatic heterocycles. The fraction of sp³-hybridized carbons (Fsp3) is 0.333. The van der Waals surface area contributed by atoms with Crippen LogP contribution in [0.4, 0.5) is 4.79 Å². The summed E-state index contributed by atoms with van der Waals surface area (Å²) >= 11 is 5.96. The van der Waals surface area contributed by atoms with Gasteiger partial charge in [-0.1, -0.05) is 11.6 Å². The Balaban J connectivity index is 1.91. The van der Waals surface area contributed by atoms with Crippen molar-refractivity contribution in [2.24, 2.45) is 5.73 Å². The van der Waals surface area contributed by atoms with E-state index in [-0.39, 0.29) is 18.8 Å². The second-order valence-corrected chi connectivity index (χ2v) is 4.36. The number of urea groups is 1. The Kier molecular flexibility index (Phi) is 4.59. The van der Waals surface area contributed by atoms with Gasteiger partial charge in [0.05, 0.1) is 17.3 Å². The maximum absolute atomic E-state index is 12.0. The predicted molar refractivity (Wildman–Crippen MR) is 71.0 cm³/mol. The van der Waals surface area contributed by atoms with Gasteiger partial charge in [-0.25, -0.2) is 4.79 Å². The molecular formula is C12H15ClN4O2. The standard InChI is InChI=1S/C12H15ClN4O2/c13-9-2-1-5-15-10(9)8-16-12(18)17-6-7-19-11(17)3-4-14/h1-2,5-7,11H,3-4,8,14H2,(H,16,18). The lowest BCUT2D eigenvalue weighted by Crippen LogP contribution is -2.41. The van der Waals surface area contributed by atoms with E-state index >= 15 is 0 Å². The highest BCUT2D eigenvalue weighted by Crippen LogP contribution is 2.15. The van der Waals surface area contributed by atoms with E-state index in [1.165, 1.54) is 11.2 Å². The van der Waals surface area contributed by atoms with Crippen LogP contribution in [0.5, 0.6) is 0 Å². The topological polar surface area (TPSA) is 80.5 Å². The number of aromatic nitrogens is 1. The van der Waals surface area contributed by atoms with Gasteiger partial charge in [0.1, 0.15) is 6.26 Å². The number of halogens is 1. The first kappa shape index (κ1) is 13.6. The molecule has 7 heteroatoms. The van der Waals surface area contributed by atoms with E-state index in [4.69, 9.17) is 22.1 Å². The highest BCUT2D eigenvalue weighted by atomic mass is 35.5. The van der Waals surface area contributed by atoms with Crippen LogP contribution in [0.1, 0.15) is 12.1 Å². The fourth-order valence-electron chi connectivity index (χ4n) is 1.70. The zero-order valence-corrected chi connectivity index (χ0v) is 11.0. The maximum atomic E-state index is 12.0. The zero-order chi connectivity index (χ0) is 13.7. The van der Waals surface area contributed by atoms with Gasteiger partial charge in [0, 0.05) is 18.8 Å². The molecule has 102 valence electrons. The number of ether oxygens (including phenoxy) is 1. The summed E-state index contributed by atoms with van der Waals surface area (Å²) in [7, 11) is 0. The summed E-state index contributed by atoms with van der Waals surface area (Å²) in [5.74, 6) is 0. The van der Waals surface area contributed by atoms with Gasteiger partial charge < -0.3 is 15.8 Å². The van der Waals surface area contributed by atoms with Crippen LogP contribution < -0.4 is 11.1 Å². The molecule has 1 aromatic rings. The van der Waals surface area contributed by atoms with E-state index in [1.54, 1.807) is 24.5 Å². The lowest BCUT2D eigenvalue weighted by atomic mass is 10.3. The number of rotatable bonds is 4. The summed E-state index contributed by atoms with van der Waals surface area (Å²) in [6.45, 7) is 0.709. The Hall–Kier alpha value is -1.79. The Morgan fingerprint density at radius 2 is 2.47 bits per heavy atom. The van der Waals surface area contributed by atoms with Crippen LogP contribution in [0, 0.1) is 0 Å². The summed E-state index contributed by atoms with van der Waals surface area (Å²) < 4.78 is 5.27. The van der Waals surface area contributed by atoms with Crippen molar-refractivity contribution >= 4 is 17.6 Å². The quantitative estimate of drug-likeness (QED) is 0.875. The number of hydrogen-bond donors (Lipinski definition) is 2. The smallest absolute Gasteiger partial charge is 0.324 e. The van der Waals surface area contributed by atoms with Crippen molar-refractivity contribution < 1.29 is 9.53 Å². The van der Waals surface area contributed by atoms with E-state index in [2.05, 4.69) is 10.3 Å². The SMILES string of the molecule is NCCC1OC=CN1C(=O)NCc1ncccc1Cl. The van der Waals surface area contributed by atoms with Crippen molar-refractivity contribution in [3.05, 3.63) is 41.5 Å². The van der Waals surface area contributed by atoms with Crippen molar-refractivity contribution in [3.63, 3.8) is 0 Å². The van der Waals surface area contributed by atoms with E-state index in [9.17, 15) is 4.79 Å². The third-order valence-corrected chi connectivity index (χ3v) is 3.00. The van der Waals surface area contributed by atoms with Crippen molar-refractivity contribution in [1.29, 1.82) is 0 Å². The highest BCUT2D eigenvalue weighted by molar-refractivity contribution is 6.31. The molecule has 19 heavy (non-hydrogen) atoms. The molecule has 6 nitrogen and oxygen atoms in total.